The maximum atomic E-state index is 12.6. The monoisotopic (exact) mass is 320 g/mol. The van der Waals surface area contributed by atoms with Crippen molar-refractivity contribution >= 4 is 22.9 Å². The van der Waals surface area contributed by atoms with Crippen molar-refractivity contribution in [3.8, 4) is 0 Å². The van der Waals surface area contributed by atoms with Crippen LogP contribution in [0.25, 0.3) is 0 Å². The lowest BCUT2D eigenvalue weighted by molar-refractivity contribution is -0.137. The van der Waals surface area contributed by atoms with Crippen LogP contribution in [0.3, 0.4) is 0 Å². The molecule has 1 aromatic carbocycles. The number of nitrogens with one attached hydrogen (secondary N) is 1. The largest absolute Gasteiger partial charge is 0.443 e. The first-order chi connectivity index (χ1) is 9.41. The van der Waals surface area contributed by atoms with Gasteiger partial charge < -0.3 is 5.32 Å². The second-order valence-corrected chi connectivity index (χ2v) is 5.61. The second kappa shape index (κ2) is 6.11. The van der Waals surface area contributed by atoms with Crippen LogP contribution in [0, 0.1) is 0 Å². The van der Waals surface area contributed by atoms with E-state index in [9.17, 15) is 13.2 Å². The molecule has 1 N–H and O–H groups in total. The molecule has 108 valence electrons. The third-order valence-corrected chi connectivity index (χ3v) is 3.98. The highest BCUT2D eigenvalue weighted by molar-refractivity contribution is 7.11. The molecule has 2 aromatic rings. The molecule has 0 radical (unpaired) electrons. The van der Waals surface area contributed by atoms with Gasteiger partial charge >= 0.3 is 6.18 Å². The van der Waals surface area contributed by atoms with E-state index in [-0.39, 0.29) is 6.04 Å². The normalized spacial score (nSPS) is 13.4. The van der Waals surface area contributed by atoms with Gasteiger partial charge in [0.2, 0.25) is 0 Å². The Balaban J connectivity index is 2.36. The van der Waals surface area contributed by atoms with Crippen molar-refractivity contribution < 1.29 is 13.2 Å². The molecule has 0 saturated carbocycles. The molecule has 0 aliphatic heterocycles. The molecule has 0 aliphatic carbocycles. The molecule has 2 rings (SSSR count). The highest BCUT2D eigenvalue weighted by Gasteiger charge is 2.35. The van der Waals surface area contributed by atoms with Crippen LogP contribution in [0.1, 0.15) is 28.4 Å². The number of thiazole rings is 1. The number of hydrogen-bond donors (Lipinski definition) is 1. The Labute approximate surface area is 123 Å². The molecule has 0 bridgehead atoms. The number of hydrogen-bond acceptors (Lipinski definition) is 3. The average Bonchev–Trinajstić information content (AvgIpc) is 2.85. The van der Waals surface area contributed by atoms with Crippen LogP contribution in [0.4, 0.5) is 13.2 Å². The Morgan fingerprint density at radius 1 is 1.40 bits per heavy atom. The standard InChI is InChI=1S/C13H12ClF3N2S/c1-2-18-11(8-4-3-5-9(14)6-8)10-7-19-12(20-10)13(15,16)17/h3-7,11,18H,2H2,1H3. The minimum Gasteiger partial charge on any atom is -0.306 e. The van der Waals surface area contributed by atoms with Crippen LogP contribution >= 0.6 is 22.9 Å². The molecule has 1 atom stereocenters. The van der Waals surface area contributed by atoms with Crippen molar-refractivity contribution in [2.24, 2.45) is 0 Å². The number of rotatable bonds is 4. The van der Waals surface area contributed by atoms with Crippen LogP contribution < -0.4 is 5.32 Å². The zero-order chi connectivity index (χ0) is 14.8. The summed E-state index contributed by atoms with van der Waals surface area (Å²) in [6.07, 6.45) is -3.14. The first-order valence-electron chi connectivity index (χ1n) is 5.93. The van der Waals surface area contributed by atoms with Crippen molar-refractivity contribution in [3.05, 3.63) is 50.9 Å². The van der Waals surface area contributed by atoms with Crippen LogP contribution in [-0.2, 0) is 6.18 Å². The van der Waals surface area contributed by atoms with E-state index < -0.39 is 11.2 Å². The summed E-state index contributed by atoms with van der Waals surface area (Å²) in [6, 6.07) is 6.72. The first kappa shape index (κ1) is 15.3. The predicted octanol–water partition coefficient (Wildman–Crippen LogP) is 4.51. The number of nitrogens with zero attached hydrogens (tertiary/aromatic N) is 1. The summed E-state index contributed by atoms with van der Waals surface area (Å²) in [5.41, 5.74) is 0.816. The Kier molecular flexibility index (Phi) is 4.67. The summed E-state index contributed by atoms with van der Waals surface area (Å²) in [5.74, 6) is 0. The van der Waals surface area contributed by atoms with Crippen molar-refractivity contribution in [3.63, 3.8) is 0 Å². The fourth-order valence-electron chi connectivity index (χ4n) is 1.82. The van der Waals surface area contributed by atoms with E-state index in [0.717, 1.165) is 5.56 Å². The topological polar surface area (TPSA) is 24.9 Å². The number of halogens is 4. The van der Waals surface area contributed by atoms with Gasteiger partial charge in [-0.3, -0.25) is 0 Å². The lowest BCUT2D eigenvalue weighted by Crippen LogP contribution is -2.21. The molecule has 1 aromatic heterocycles. The third-order valence-electron chi connectivity index (χ3n) is 2.64. The quantitative estimate of drug-likeness (QED) is 0.896. The van der Waals surface area contributed by atoms with Crippen molar-refractivity contribution in [2.45, 2.75) is 19.1 Å². The van der Waals surface area contributed by atoms with E-state index in [4.69, 9.17) is 11.6 Å². The summed E-state index contributed by atoms with van der Waals surface area (Å²) in [7, 11) is 0. The Morgan fingerprint density at radius 2 is 2.15 bits per heavy atom. The summed E-state index contributed by atoms with van der Waals surface area (Å²) in [5, 5.41) is 2.86. The van der Waals surface area contributed by atoms with Crippen LogP contribution in [-0.4, -0.2) is 11.5 Å². The summed E-state index contributed by atoms with van der Waals surface area (Å²) in [4.78, 5) is 3.97. The molecule has 1 heterocycles. The number of alkyl halides is 3. The van der Waals surface area contributed by atoms with E-state index in [1.807, 2.05) is 13.0 Å². The molecular formula is C13H12ClF3N2S. The van der Waals surface area contributed by atoms with Gasteiger partial charge in [0.25, 0.3) is 0 Å². The summed E-state index contributed by atoms with van der Waals surface area (Å²) in [6.45, 7) is 2.51. The highest BCUT2D eigenvalue weighted by atomic mass is 35.5. The first-order valence-corrected chi connectivity index (χ1v) is 7.13. The molecule has 0 fully saturated rings. The fourth-order valence-corrected chi connectivity index (χ4v) is 2.91. The molecule has 0 saturated heterocycles. The molecule has 0 amide bonds. The maximum Gasteiger partial charge on any atom is 0.443 e. The van der Waals surface area contributed by atoms with Crippen LogP contribution in [0.5, 0.6) is 0 Å². The SMILES string of the molecule is CCNC(c1cccc(Cl)c1)c1cnc(C(F)(F)F)s1. The van der Waals surface area contributed by atoms with Gasteiger partial charge in [-0.15, -0.1) is 11.3 Å². The van der Waals surface area contributed by atoms with Gasteiger partial charge in [-0.1, -0.05) is 30.7 Å². The lowest BCUT2D eigenvalue weighted by atomic mass is 10.1. The van der Waals surface area contributed by atoms with Gasteiger partial charge in [0.1, 0.15) is 0 Å². The maximum absolute atomic E-state index is 12.6. The molecular weight excluding hydrogens is 309 g/mol. The van der Waals surface area contributed by atoms with E-state index in [1.54, 1.807) is 18.2 Å². The van der Waals surface area contributed by atoms with E-state index >= 15 is 0 Å². The molecule has 7 heteroatoms. The van der Waals surface area contributed by atoms with E-state index in [2.05, 4.69) is 10.3 Å². The molecule has 0 spiro atoms. The number of benzene rings is 1. The van der Waals surface area contributed by atoms with Gasteiger partial charge in [0.15, 0.2) is 5.01 Å². The lowest BCUT2D eigenvalue weighted by Gasteiger charge is -2.16. The Bertz CT molecular complexity index is 583. The van der Waals surface area contributed by atoms with Gasteiger partial charge in [-0.2, -0.15) is 13.2 Å². The zero-order valence-corrected chi connectivity index (χ0v) is 12.1. The zero-order valence-electron chi connectivity index (χ0n) is 10.5. The van der Waals surface area contributed by atoms with Crippen LogP contribution in [0.2, 0.25) is 5.02 Å². The molecule has 0 aliphatic rings. The Hall–Kier alpha value is -1.11. The van der Waals surface area contributed by atoms with Crippen molar-refractivity contribution in [2.75, 3.05) is 6.54 Å². The Morgan fingerprint density at radius 3 is 2.70 bits per heavy atom. The predicted molar refractivity (Wildman–Crippen MR) is 74.1 cm³/mol. The average molecular weight is 321 g/mol. The molecule has 1 unspecified atom stereocenters. The summed E-state index contributed by atoms with van der Waals surface area (Å²) >= 11 is 6.58. The fraction of sp³-hybridized carbons (Fsp3) is 0.308. The summed E-state index contributed by atoms with van der Waals surface area (Å²) < 4.78 is 37.9. The second-order valence-electron chi connectivity index (χ2n) is 4.11. The molecule has 20 heavy (non-hydrogen) atoms. The van der Waals surface area contributed by atoms with Gasteiger partial charge in [-0.05, 0) is 24.2 Å². The van der Waals surface area contributed by atoms with Crippen LogP contribution in [0.15, 0.2) is 30.5 Å². The minimum atomic E-state index is -4.41. The minimum absolute atomic E-state index is 0.340. The van der Waals surface area contributed by atoms with E-state index in [0.29, 0.717) is 27.8 Å². The highest BCUT2D eigenvalue weighted by Crippen LogP contribution is 2.36. The smallest absolute Gasteiger partial charge is 0.306 e. The van der Waals surface area contributed by atoms with Gasteiger partial charge in [0.05, 0.1) is 6.04 Å². The van der Waals surface area contributed by atoms with Crippen molar-refractivity contribution in [1.29, 1.82) is 0 Å². The van der Waals surface area contributed by atoms with E-state index in [1.165, 1.54) is 6.20 Å². The number of aromatic nitrogens is 1. The molecule has 2 nitrogen and oxygen atoms in total. The van der Waals surface area contributed by atoms with Gasteiger partial charge in [-0.25, -0.2) is 4.98 Å². The van der Waals surface area contributed by atoms with Crippen molar-refractivity contribution in [1.82, 2.24) is 10.3 Å². The van der Waals surface area contributed by atoms with Gasteiger partial charge in [0, 0.05) is 16.1 Å². The third kappa shape index (κ3) is 3.50.